The van der Waals surface area contributed by atoms with Crippen molar-refractivity contribution in [3.05, 3.63) is 0 Å². The van der Waals surface area contributed by atoms with E-state index in [2.05, 4.69) is 17.3 Å². The molecule has 1 fully saturated rings. The predicted octanol–water partition coefficient (Wildman–Crippen LogP) is 0.570. The minimum atomic E-state index is -0.381. The van der Waals surface area contributed by atoms with Gasteiger partial charge in [-0.2, -0.15) is 0 Å². The van der Waals surface area contributed by atoms with Crippen molar-refractivity contribution in [1.82, 2.24) is 10.2 Å². The number of carbonyl (C=O) groups excluding carboxylic acids is 1. The van der Waals surface area contributed by atoms with E-state index in [1.807, 2.05) is 13.8 Å². The van der Waals surface area contributed by atoms with Gasteiger partial charge in [-0.3, -0.25) is 4.79 Å². The van der Waals surface area contributed by atoms with Gasteiger partial charge < -0.3 is 16.0 Å². The smallest absolute Gasteiger partial charge is 0.237 e. The van der Waals surface area contributed by atoms with E-state index in [4.69, 9.17) is 5.73 Å². The van der Waals surface area contributed by atoms with Gasteiger partial charge in [-0.05, 0) is 32.4 Å². The van der Waals surface area contributed by atoms with Gasteiger partial charge in [-0.25, -0.2) is 0 Å². The Morgan fingerprint density at radius 1 is 1.50 bits per heavy atom. The van der Waals surface area contributed by atoms with Crippen LogP contribution in [0.4, 0.5) is 0 Å². The molecule has 94 valence electrons. The molecule has 0 aliphatic carbocycles. The standard InChI is InChI=1S/C12H25N3O/c1-9(2)11(13)12(16)14-8-10-6-4-5-7-15(10)3/h9-11H,4-8,13H2,1-3H3,(H,14,16)/t10-,11+/m1/s1. The summed E-state index contributed by atoms with van der Waals surface area (Å²) in [6.45, 7) is 5.81. The number of hydrogen-bond acceptors (Lipinski definition) is 3. The fourth-order valence-electron chi connectivity index (χ4n) is 2.04. The Balaban J connectivity index is 2.30. The zero-order valence-electron chi connectivity index (χ0n) is 10.7. The molecule has 1 aliphatic rings. The van der Waals surface area contributed by atoms with Crippen molar-refractivity contribution in [3.8, 4) is 0 Å². The maximum absolute atomic E-state index is 11.7. The topological polar surface area (TPSA) is 58.4 Å². The number of nitrogens with zero attached hydrogens (tertiary/aromatic N) is 1. The van der Waals surface area contributed by atoms with Gasteiger partial charge in [0, 0.05) is 12.6 Å². The molecule has 2 atom stereocenters. The quantitative estimate of drug-likeness (QED) is 0.738. The predicted molar refractivity (Wildman–Crippen MR) is 66.1 cm³/mol. The van der Waals surface area contributed by atoms with Crippen LogP contribution in [-0.2, 0) is 4.79 Å². The molecule has 1 saturated heterocycles. The van der Waals surface area contributed by atoms with Crippen LogP contribution in [0.3, 0.4) is 0 Å². The number of amides is 1. The molecule has 0 aromatic carbocycles. The van der Waals surface area contributed by atoms with Gasteiger partial charge in [-0.15, -0.1) is 0 Å². The third-order valence-electron chi connectivity index (χ3n) is 3.45. The number of piperidine rings is 1. The van der Waals surface area contributed by atoms with Crippen LogP contribution >= 0.6 is 0 Å². The monoisotopic (exact) mass is 227 g/mol. The molecule has 0 aromatic rings. The average molecular weight is 227 g/mol. The summed E-state index contributed by atoms with van der Waals surface area (Å²) >= 11 is 0. The highest BCUT2D eigenvalue weighted by Crippen LogP contribution is 2.14. The molecule has 3 N–H and O–H groups in total. The molecule has 4 nitrogen and oxygen atoms in total. The first kappa shape index (κ1) is 13.5. The minimum Gasteiger partial charge on any atom is -0.353 e. The van der Waals surface area contributed by atoms with E-state index < -0.39 is 0 Å². The molecule has 1 aliphatic heterocycles. The van der Waals surface area contributed by atoms with Crippen molar-refractivity contribution >= 4 is 5.91 Å². The molecule has 1 heterocycles. The molecule has 4 heteroatoms. The summed E-state index contributed by atoms with van der Waals surface area (Å²) in [6, 6.07) is 0.103. The summed E-state index contributed by atoms with van der Waals surface area (Å²) in [5.41, 5.74) is 5.78. The van der Waals surface area contributed by atoms with Crippen molar-refractivity contribution in [3.63, 3.8) is 0 Å². The summed E-state index contributed by atoms with van der Waals surface area (Å²) in [5.74, 6) is 0.179. The van der Waals surface area contributed by atoms with Crippen LogP contribution in [0, 0.1) is 5.92 Å². The average Bonchev–Trinajstić information content (AvgIpc) is 2.26. The van der Waals surface area contributed by atoms with Gasteiger partial charge in [-0.1, -0.05) is 20.3 Å². The molecule has 0 aromatic heterocycles. The largest absolute Gasteiger partial charge is 0.353 e. The van der Waals surface area contributed by atoms with E-state index in [9.17, 15) is 4.79 Å². The molecule has 16 heavy (non-hydrogen) atoms. The van der Waals surface area contributed by atoms with E-state index in [-0.39, 0.29) is 17.9 Å². The first-order valence-corrected chi connectivity index (χ1v) is 6.26. The van der Waals surface area contributed by atoms with E-state index >= 15 is 0 Å². The Morgan fingerprint density at radius 3 is 2.75 bits per heavy atom. The summed E-state index contributed by atoms with van der Waals surface area (Å²) in [4.78, 5) is 14.0. The number of rotatable bonds is 4. The van der Waals surface area contributed by atoms with E-state index in [0.29, 0.717) is 6.04 Å². The second-order valence-electron chi connectivity index (χ2n) is 5.15. The van der Waals surface area contributed by atoms with Gasteiger partial charge in [0.25, 0.3) is 0 Å². The molecule has 1 amide bonds. The van der Waals surface area contributed by atoms with E-state index in [1.54, 1.807) is 0 Å². The van der Waals surface area contributed by atoms with E-state index in [0.717, 1.165) is 13.1 Å². The molecule has 0 saturated carbocycles. The molecular weight excluding hydrogens is 202 g/mol. The number of hydrogen-bond donors (Lipinski definition) is 2. The first-order valence-electron chi connectivity index (χ1n) is 6.26. The van der Waals surface area contributed by atoms with Crippen molar-refractivity contribution < 1.29 is 4.79 Å². The van der Waals surface area contributed by atoms with Crippen molar-refractivity contribution in [2.75, 3.05) is 20.1 Å². The van der Waals surface area contributed by atoms with Crippen LogP contribution in [0.2, 0.25) is 0 Å². The summed E-state index contributed by atoms with van der Waals surface area (Å²) in [6.07, 6.45) is 3.71. The van der Waals surface area contributed by atoms with Gasteiger partial charge in [0.1, 0.15) is 0 Å². The fraction of sp³-hybridized carbons (Fsp3) is 0.917. The van der Waals surface area contributed by atoms with Crippen LogP contribution in [0.15, 0.2) is 0 Å². The zero-order valence-corrected chi connectivity index (χ0v) is 10.7. The lowest BCUT2D eigenvalue weighted by atomic mass is 10.0. The highest BCUT2D eigenvalue weighted by atomic mass is 16.2. The van der Waals surface area contributed by atoms with Gasteiger partial charge in [0.05, 0.1) is 6.04 Å². The third-order valence-corrected chi connectivity index (χ3v) is 3.45. The van der Waals surface area contributed by atoms with Crippen LogP contribution in [0.5, 0.6) is 0 Å². The lowest BCUT2D eigenvalue weighted by Gasteiger charge is -2.32. The maximum Gasteiger partial charge on any atom is 0.237 e. The number of carbonyl (C=O) groups is 1. The molecular formula is C12H25N3O. The van der Waals surface area contributed by atoms with Crippen LogP contribution < -0.4 is 11.1 Å². The van der Waals surface area contributed by atoms with Gasteiger partial charge in [0.2, 0.25) is 5.91 Å². The second kappa shape index (κ2) is 6.21. The lowest BCUT2D eigenvalue weighted by molar-refractivity contribution is -0.123. The third kappa shape index (κ3) is 3.76. The van der Waals surface area contributed by atoms with Crippen LogP contribution in [-0.4, -0.2) is 43.0 Å². The summed E-state index contributed by atoms with van der Waals surface area (Å²) < 4.78 is 0. The van der Waals surface area contributed by atoms with Gasteiger partial charge >= 0.3 is 0 Å². The number of likely N-dealkylation sites (tertiary alicyclic amines) is 1. The van der Waals surface area contributed by atoms with Gasteiger partial charge in [0.15, 0.2) is 0 Å². The number of nitrogens with two attached hydrogens (primary N) is 1. The first-order chi connectivity index (χ1) is 7.52. The Morgan fingerprint density at radius 2 is 2.19 bits per heavy atom. The molecule has 0 bridgehead atoms. The maximum atomic E-state index is 11.7. The fourth-order valence-corrected chi connectivity index (χ4v) is 2.04. The van der Waals surface area contributed by atoms with E-state index in [1.165, 1.54) is 19.3 Å². The minimum absolute atomic E-state index is 0.0195. The number of nitrogens with one attached hydrogen (secondary N) is 1. The Kier molecular flexibility index (Phi) is 5.22. The summed E-state index contributed by atoms with van der Waals surface area (Å²) in [7, 11) is 2.12. The molecule has 0 spiro atoms. The normalized spacial score (nSPS) is 24.4. The van der Waals surface area contributed by atoms with Crippen LogP contribution in [0.25, 0.3) is 0 Å². The van der Waals surface area contributed by atoms with Crippen molar-refractivity contribution in [2.45, 2.75) is 45.2 Å². The number of likely N-dealkylation sites (N-methyl/N-ethyl adjacent to an activating group) is 1. The van der Waals surface area contributed by atoms with Crippen molar-refractivity contribution in [1.29, 1.82) is 0 Å². The lowest BCUT2D eigenvalue weighted by Crippen LogP contribution is -2.49. The zero-order chi connectivity index (χ0) is 12.1. The molecule has 1 rings (SSSR count). The SMILES string of the molecule is CC(C)[C@H](N)C(=O)NC[C@H]1CCCCN1C. The Bertz CT molecular complexity index is 230. The van der Waals surface area contributed by atoms with Crippen LogP contribution in [0.1, 0.15) is 33.1 Å². The molecule has 0 radical (unpaired) electrons. The Hall–Kier alpha value is -0.610. The molecule has 0 unspecified atom stereocenters. The highest BCUT2D eigenvalue weighted by molar-refractivity contribution is 5.81. The summed E-state index contributed by atoms with van der Waals surface area (Å²) in [5, 5.41) is 2.96. The second-order valence-corrected chi connectivity index (χ2v) is 5.15. The van der Waals surface area contributed by atoms with Crippen molar-refractivity contribution in [2.24, 2.45) is 11.7 Å². The Labute approximate surface area is 98.6 Å². The highest BCUT2D eigenvalue weighted by Gasteiger charge is 2.21.